The van der Waals surface area contributed by atoms with Crippen LogP contribution in [0.3, 0.4) is 0 Å². The van der Waals surface area contributed by atoms with Crippen LogP contribution in [0.15, 0.2) is 437 Å². The molecule has 0 N–H and O–H groups in total. The molecule has 0 aliphatic heterocycles. The second-order valence-electron chi connectivity index (χ2n) is 32.9. The van der Waals surface area contributed by atoms with Crippen LogP contribution in [0, 0.1) is 0 Å². The molecular weight excluding hydrogens is 1500 g/mol. The van der Waals surface area contributed by atoms with Crippen LogP contribution in [0.5, 0.6) is 0 Å². The van der Waals surface area contributed by atoms with E-state index in [2.05, 4.69) is 410 Å². The van der Waals surface area contributed by atoms with Gasteiger partial charge in [-0.15, -0.1) is 0 Å². The third kappa shape index (κ3) is 11.5. The van der Waals surface area contributed by atoms with Crippen LogP contribution in [0.4, 0.5) is 0 Å². The van der Waals surface area contributed by atoms with Crippen molar-refractivity contribution in [3.63, 3.8) is 0 Å². The highest BCUT2D eigenvalue weighted by atomic mass is 14.7. The maximum atomic E-state index is 5.64. The molecule has 0 spiro atoms. The molecule has 0 saturated carbocycles. The molecule has 0 amide bonds. The van der Waals surface area contributed by atoms with Crippen molar-refractivity contribution in [3.8, 4) is 89.4 Å². The van der Waals surface area contributed by atoms with E-state index in [1.165, 1.54) is 151 Å². The summed E-state index contributed by atoms with van der Waals surface area (Å²) in [5.74, 6) is 0. The number of benzene rings is 22. The molecule has 26 rings (SSSR count). The average molecular weight is 1570 g/mol. The van der Waals surface area contributed by atoms with Gasteiger partial charge in [0.15, 0.2) is 0 Å². The monoisotopic (exact) mass is 1570 g/mol. The lowest BCUT2D eigenvalue weighted by Gasteiger charge is -2.17. The third-order valence-corrected chi connectivity index (χ3v) is 26.2. The largest absolute Gasteiger partial charge is 0.264 e. The van der Waals surface area contributed by atoms with Crippen molar-refractivity contribution in [1.82, 2.24) is 19.9 Å². The summed E-state index contributed by atoms with van der Waals surface area (Å²) in [6, 6.07) is 153. The average Bonchev–Trinajstić information content (AvgIpc) is 0.729. The van der Waals surface area contributed by atoms with Crippen LogP contribution < -0.4 is 0 Å². The fourth-order valence-corrected chi connectivity index (χ4v) is 20.4. The van der Waals surface area contributed by atoms with Gasteiger partial charge in [0.25, 0.3) is 0 Å². The van der Waals surface area contributed by atoms with E-state index in [1.807, 2.05) is 36.8 Å². The molecule has 4 aromatic heterocycles. The summed E-state index contributed by atoms with van der Waals surface area (Å²) in [5, 5.41) is 37.1. The van der Waals surface area contributed by atoms with Crippen molar-refractivity contribution in [2.75, 3.05) is 0 Å². The van der Waals surface area contributed by atoms with Gasteiger partial charge in [-0.1, -0.05) is 352 Å². The topological polar surface area (TPSA) is 51.6 Å². The van der Waals surface area contributed by atoms with Gasteiger partial charge in [-0.2, -0.15) is 0 Å². The summed E-state index contributed by atoms with van der Waals surface area (Å²) >= 11 is 0. The molecule has 4 nitrogen and oxygen atoms in total. The molecule has 0 atom stereocenters. The van der Waals surface area contributed by atoms with E-state index < -0.39 is 0 Å². The SMILES string of the molecule is c1ccc(-c2ccc(-c3cc4c(-c5ccc6c7ccccc7c7ccccc7c6c5)cc(-c5ccc6c7ccccc7c7ccccc7c6c5)nc4c4ccccc34)cc2)nc1.c1cncc(-c2ccc(-c3cc4c(-c5ccc6c7ccccc7c7ccccc7c6c5)cc(-c5ccc6c7ccccc7c7ccccc7c6c5)nc4c4ccccc34)cc2)c1. The summed E-state index contributed by atoms with van der Waals surface area (Å²) in [6.45, 7) is 0. The van der Waals surface area contributed by atoms with Crippen molar-refractivity contribution in [3.05, 3.63) is 437 Å². The Morgan fingerprint density at radius 3 is 0.702 bits per heavy atom. The number of rotatable bonds is 8. The van der Waals surface area contributed by atoms with Crippen LogP contribution in [0.1, 0.15) is 0 Å². The molecule has 0 radical (unpaired) electrons. The zero-order valence-corrected chi connectivity index (χ0v) is 67.4. The predicted molar refractivity (Wildman–Crippen MR) is 528 cm³/mol. The second-order valence-corrected chi connectivity index (χ2v) is 32.9. The second kappa shape index (κ2) is 28.7. The first kappa shape index (κ1) is 70.6. The van der Waals surface area contributed by atoms with E-state index in [0.717, 1.165) is 111 Å². The number of nitrogens with zero attached hydrogens (tertiary/aromatic N) is 4. The molecule has 0 saturated heterocycles. The van der Waals surface area contributed by atoms with Crippen molar-refractivity contribution in [1.29, 1.82) is 0 Å². The molecule has 22 aromatic carbocycles. The van der Waals surface area contributed by atoms with E-state index in [9.17, 15) is 0 Å². The Labute approximate surface area is 714 Å². The first-order chi connectivity index (χ1) is 61.5. The van der Waals surface area contributed by atoms with Gasteiger partial charge in [-0.3, -0.25) is 9.97 Å². The highest BCUT2D eigenvalue weighted by Crippen LogP contribution is 2.49. The maximum Gasteiger partial charge on any atom is 0.0794 e. The summed E-state index contributed by atoms with van der Waals surface area (Å²) in [7, 11) is 0. The molecule has 0 bridgehead atoms. The standard InChI is InChI=1S/2C60H36N2/c1-3-17-46-42(13-1)44-15-5-7-19-48(44)56-32-39(27-29-51(46)56)55-35-59(40-28-30-52-47-18-4-2-14-43(47)45-16-6-8-20-49(45)57(52)33-40)62-60-53-22-10-9-21-50(53)54(34-58(55)60)38-25-23-37(24-26-38)41-12-11-31-61-36-41;1-3-17-45-41(13-1)43-15-5-7-19-47(43)55-33-39(28-30-50(45)55)54-36-59(40-29-31-51-46-18-4-2-14-42(46)44-16-6-8-20-48(44)56(51)34-40)62-60-52-22-10-9-21-49(52)53(35-57(54)60)37-24-26-38(27-25-37)58-23-11-12-32-61-58/h2*1-36H. The smallest absolute Gasteiger partial charge is 0.0794 e. The minimum Gasteiger partial charge on any atom is -0.264 e. The first-order valence-electron chi connectivity index (χ1n) is 42.6. The highest BCUT2D eigenvalue weighted by molar-refractivity contribution is 6.31. The molecule has 0 aliphatic rings. The van der Waals surface area contributed by atoms with Gasteiger partial charge in [-0.05, 0) is 262 Å². The van der Waals surface area contributed by atoms with Crippen molar-refractivity contribution in [2.45, 2.75) is 0 Å². The number of hydrogen-bond acceptors (Lipinski definition) is 4. The van der Waals surface area contributed by atoms with Gasteiger partial charge in [0.05, 0.1) is 28.1 Å². The minimum atomic E-state index is 0.952. The summed E-state index contributed by atoms with van der Waals surface area (Å²) in [6.07, 6.45) is 5.59. The minimum absolute atomic E-state index is 0.952. The molecule has 4 heteroatoms. The molecule has 26 aromatic rings. The summed E-state index contributed by atoms with van der Waals surface area (Å²) in [4.78, 5) is 20.3. The predicted octanol–water partition coefficient (Wildman–Crippen LogP) is 32.7. The van der Waals surface area contributed by atoms with Gasteiger partial charge in [0.2, 0.25) is 0 Å². The molecule has 572 valence electrons. The zero-order chi connectivity index (χ0) is 81.5. The number of pyridine rings is 4. The Bertz CT molecular complexity index is 8310. The van der Waals surface area contributed by atoms with E-state index in [1.54, 1.807) is 0 Å². The Hall–Kier alpha value is -16.4. The van der Waals surface area contributed by atoms with Gasteiger partial charge >= 0.3 is 0 Å². The third-order valence-electron chi connectivity index (χ3n) is 26.2. The van der Waals surface area contributed by atoms with Crippen molar-refractivity contribution < 1.29 is 0 Å². The van der Waals surface area contributed by atoms with Gasteiger partial charge in [-0.25, -0.2) is 9.97 Å². The molecule has 4 heterocycles. The summed E-state index contributed by atoms with van der Waals surface area (Å²) in [5.41, 5.74) is 19.7. The fourth-order valence-electron chi connectivity index (χ4n) is 20.4. The lowest BCUT2D eigenvalue weighted by atomic mass is 9.88. The van der Waals surface area contributed by atoms with Gasteiger partial charge in [0.1, 0.15) is 0 Å². The van der Waals surface area contributed by atoms with Crippen LogP contribution in [0.25, 0.3) is 262 Å². The highest BCUT2D eigenvalue weighted by Gasteiger charge is 2.23. The van der Waals surface area contributed by atoms with Crippen LogP contribution >= 0.6 is 0 Å². The summed E-state index contributed by atoms with van der Waals surface area (Å²) < 4.78 is 0. The van der Waals surface area contributed by atoms with Crippen molar-refractivity contribution >= 4 is 173 Å². The zero-order valence-electron chi connectivity index (χ0n) is 67.4. The fraction of sp³-hybridized carbons (Fsp3) is 0. The lowest BCUT2D eigenvalue weighted by molar-refractivity contribution is 1.33. The number of fused-ring (bicyclic) bond motifs is 30. The Kier molecular flexibility index (Phi) is 16.3. The molecule has 0 fully saturated rings. The van der Waals surface area contributed by atoms with E-state index in [4.69, 9.17) is 9.97 Å². The number of aromatic nitrogens is 4. The lowest BCUT2D eigenvalue weighted by Crippen LogP contribution is -1.94. The quantitative estimate of drug-likeness (QED) is 0.142. The normalized spacial score (nSPS) is 11.9. The van der Waals surface area contributed by atoms with Crippen LogP contribution in [0.2, 0.25) is 0 Å². The Morgan fingerprint density at radius 1 is 0.129 bits per heavy atom. The molecule has 124 heavy (non-hydrogen) atoms. The van der Waals surface area contributed by atoms with Crippen LogP contribution in [-0.4, -0.2) is 19.9 Å². The first-order valence-corrected chi connectivity index (χ1v) is 42.6. The number of hydrogen-bond donors (Lipinski definition) is 0. The van der Waals surface area contributed by atoms with E-state index >= 15 is 0 Å². The van der Waals surface area contributed by atoms with Gasteiger partial charge < -0.3 is 0 Å². The van der Waals surface area contributed by atoms with E-state index in [0.29, 0.717) is 0 Å². The maximum absolute atomic E-state index is 5.64. The Morgan fingerprint density at radius 2 is 0.387 bits per heavy atom. The van der Waals surface area contributed by atoms with Crippen LogP contribution in [-0.2, 0) is 0 Å². The Balaban J connectivity index is 0.000000136. The van der Waals surface area contributed by atoms with Crippen molar-refractivity contribution in [2.24, 2.45) is 0 Å². The molecule has 0 aliphatic carbocycles. The van der Waals surface area contributed by atoms with E-state index in [-0.39, 0.29) is 0 Å². The van der Waals surface area contributed by atoms with Gasteiger partial charge in [0, 0.05) is 56.8 Å². The molecule has 0 unspecified atom stereocenters. The molecular formula is C120H72N4.